The first-order valence-electron chi connectivity index (χ1n) is 8.76. The molecule has 0 fully saturated rings. The Bertz CT molecular complexity index is 1140. The molecule has 1 atom stereocenters. The van der Waals surface area contributed by atoms with Gasteiger partial charge in [-0.2, -0.15) is 0 Å². The molecule has 0 unspecified atom stereocenters. The molecule has 3 aromatic rings. The zero-order chi connectivity index (χ0) is 19.8. The van der Waals surface area contributed by atoms with E-state index in [4.69, 9.17) is 5.10 Å². The summed E-state index contributed by atoms with van der Waals surface area (Å²) in [7, 11) is 0. The first-order chi connectivity index (χ1) is 13.5. The predicted octanol–water partition coefficient (Wildman–Crippen LogP) is 3.29. The van der Waals surface area contributed by atoms with Gasteiger partial charge in [0, 0.05) is 22.7 Å². The summed E-state index contributed by atoms with van der Waals surface area (Å²) in [5.74, 6) is 0.516. The Morgan fingerprint density at radius 1 is 1.39 bits per heavy atom. The Balaban J connectivity index is 2.03. The minimum Gasteiger partial charge on any atom is -0.291 e. The number of amides is 1. The smallest absolute Gasteiger partial charge is 0.291 e. The van der Waals surface area contributed by atoms with Crippen LogP contribution in [-0.4, -0.2) is 21.7 Å². The molecule has 4 rings (SSSR count). The van der Waals surface area contributed by atoms with Gasteiger partial charge in [0.25, 0.3) is 0 Å². The number of para-hydroxylation sites is 1. The molecular weight excluding hydrogens is 392 g/mol. The van der Waals surface area contributed by atoms with Crippen LogP contribution in [0.5, 0.6) is 0 Å². The Kier molecular flexibility index (Phi) is 4.91. The molecule has 0 spiro atoms. The number of carbonyl (C=O) groups excluding carboxylic acids is 1. The minimum absolute atomic E-state index is 0.107. The summed E-state index contributed by atoms with van der Waals surface area (Å²) in [6, 6.07) is 11.5. The normalized spacial score (nSPS) is 15.1. The SMILES string of the molecule is C=CCSc1n[n+]2c(c(=O)[nH]1)-c1ccccc1N(C(C)=O)[C@H]2c1ccc(C)s1. The number of aryl methyl sites for hydroxylation is 1. The summed E-state index contributed by atoms with van der Waals surface area (Å²) in [5.41, 5.74) is 1.63. The van der Waals surface area contributed by atoms with E-state index in [0.717, 1.165) is 9.75 Å². The number of aromatic nitrogens is 3. The molecule has 142 valence electrons. The first-order valence-corrected chi connectivity index (χ1v) is 10.6. The van der Waals surface area contributed by atoms with Gasteiger partial charge in [0.05, 0.1) is 16.1 Å². The summed E-state index contributed by atoms with van der Waals surface area (Å²) in [5, 5.41) is 5.19. The third-order valence-electron chi connectivity index (χ3n) is 4.45. The van der Waals surface area contributed by atoms with Crippen molar-refractivity contribution in [3.05, 3.63) is 69.2 Å². The lowest BCUT2D eigenvalue weighted by atomic mass is 10.0. The van der Waals surface area contributed by atoms with E-state index >= 15 is 0 Å². The highest BCUT2D eigenvalue weighted by molar-refractivity contribution is 7.99. The van der Waals surface area contributed by atoms with Crippen molar-refractivity contribution in [2.45, 2.75) is 25.2 Å². The van der Waals surface area contributed by atoms with Gasteiger partial charge in [-0.25, -0.2) is 4.90 Å². The first kappa shape index (κ1) is 18.6. The number of nitrogens with one attached hydrogen (secondary N) is 1. The average Bonchev–Trinajstić information content (AvgIpc) is 3.10. The van der Waals surface area contributed by atoms with E-state index in [1.807, 2.05) is 43.3 Å². The van der Waals surface area contributed by atoms with E-state index in [-0.39, 0.29) is 11.5 Å². The summed E-state index contributed by atoms with van der Waals surface area (Å²) in [6.07, 6.45) is 1.25. The maximum atomic E-state index is 13.0. The molecule has 0 saturated heterocycles. The van der Waals surface area contributed by atoms with Gasteiger partial charge in [-0.3, -0.25) is 14.6 Å². The Labute approximate surface area is 170 Å². The van der Waals surface area contributed by atoms with E-state index in [0.29, 0.717) is 27.9 Å². The number of hydrogen-bond donors (Lipinski definition) is 1. The molecule has 1 aromatic carbocycles. The van der Waals surface area contributed by atoms with Crippen LogP contribution in [0.1, 0.15) is 22.8 Å². The average molecular weight is 412 g/mol. The van der Waals surface area contributed by atoms with Crippen LogP contribution in [0.15, 0.2) is 59.0 Å². The van der Waals surface area contributed by atoms with Crippen molar-refractivity contribution in [3.8, 4) is 11.3 Å². The van der Waals surface area contributed by atoms with E-state index in [1.165, 1.54) is 18.7 Å². The molecule has 1 aliphatic heterocycles. The second kappa shape index (κ2) is 7.37. The number of thioether (sulfide) groups is 1. The highest BCUT2D eigenvalue weighted by Gasteiger charge is 2.45. The van der Waals surface area contributed by atoms with Crippen LogP contribution in [-0.2, 0) is 4.79 Å². The van der Waals surface area contributed by atoms with Crippen molar-refractivity contribution in [3.63, 3.8) is 0 Å². The van der Waals surface area contributed by atoms with Crippen molar-refractivity contribution < 1.29 is 9.48 Å². The third-order valence-corrected chi connectivity index (χ3v) is 6.35. The maximum Gasteiger partial charge on any atom is 0.325 e. The number of thiophene rings is 1. The summed E-state index contributed by atoms with van der Waals surface area (Å²) in [6.45, 7) is 7.27. The van der Waals surface area contributed by atoms with Crippen LogP contribution >= 0.6 is 23.1 Å². The number of benzene rings is 1. The molecule has 0 bridgehead atoms. The van der Waals surface area contributed by atoms with E-state index in [1.54, 1.807) is 27.0 Å². The number of carbonyl (C=O) groups is 1. The quantitative estimate of drug-likeness (QED) is 0.406. The predicted molar refractivity (Wildman–Crippen MR) is 112 cm³/mol. The Hall–Kier alpha value is -2.71. The molecule has 0 aliphatic carbocycles. The van der Waals surface area contributed by atoms with Crippen LogP contribution in [0.3, 0.4) is 0 Å². The molecule has 1 amide bonds. The number of nitrogens with zero attached hydrogens (tertiary/aromatic N) is 3. The fourth-order valence-electron chi connectivity index (χ4n) is 3.37. The zero-order valence-electron chi connectivity index (χ0n) is 15.5. The Morgan fingerprint density at radius 2 is 2.18 bits per heavy atom. The van der Waals surface area contributed by atoms with Gasteiger partial charge >= 0.3 is 17.4 Å². The molecule has 6 nitrogen and oxygen atoms in total. The lowest BCUT2D eigenvalue weighted by Crippen LogP contribution is -2.60. The number of rotatable bonds is 4. The van der Waals surface area contributed by atoms with Crippen LogP contribution in [0.25, 0.3) is 11.3 Å². The van der Waals surface area contributed by atoms with E-state index in [9.17, 15) is 9.59 Å². The fraction of sp³-hybridized carbons (Fsp3) is 0.200. The highest BCUT2D eigenvalue weighted by atomic mass is 32.2. The molecule has 8 heteroatoms. The van der Waals surface area contributed by atoms with Gasteiger partial charge in [-0.05, 0) is 35.9 Å². The van der Waals surface area contributed by atoms with E-state index < -0.39 is 6.17 Å². The molecule has 3 heterocycles. The molecule has 2 aromatic heterocycles. The molecular formula is C20H19N4O2S2+. The van der Waals surface area contributed by atoms with Gasteiger partial charge in [0.2, 0.25) is 11.1 Å². The zero-order valence-corrected chi connectivity index (χ0v) is 17.1. The van der Waals surface area contributed by atoms with Crippen LogP contribution in [0, 0.1) is 6.92 Å². The lowest BCUT2D eigenvalue weighted by molar-refractivity contribution is -0.762. The third kappa shape index (κ3) is 3.08. The van der Waals surface area contributed by atoms with Gasteiger partial charge < -0.3 is 0 Å². The molecule has 1 N–H and O–H groups in total. The van der Waals surface area contributed by atoms with Gasteiger partial charge in [0.1, 0.15) is 0 Å². The highest BCUT2D eigenvalue weighted by Crippen LogP contribution is 2.38. The van der Waals surface area contributed by atoms with Crippen molar-refractivity contribution in [2.24, 2.45) is 0 Å². The standard InChI is InChI=1S/C20H18N4O2S2/c1-4-11-27-20-21-18(26)17-14-7-5-6-8-15(14)23(13(3)25)19(24(17)22-20)16-10-9-12(2)28-16/h4-10,19H,1,11H2,2-3H3/p+1/t19-/m1/s1. The summed E-state index contributed by atoms with van der Waals surface area (Å²) >= 11 is 2.99. The second-order valence-corrected chi connectivity index (χ2v) is 8.71. The minimum atomic E-state index is -0.508. The number of aromatic amines is 1. The number of fused-ring (bicyclic) bond motifs is 3. The molecule has 1 aliphatic rings. The van der Waals surface area contributed by atoms with Crippen molar-refractivity contribution >= 4 is 34.7 Å². The molecule has 28 heavy (non-hydrogen) atoms. The summed E-state index contributed by atoms with van der Waals surface area (Å²) < 4.78 is 1.68. The van der Waals surface area contributed by atoms with Crippen LogP contribution in [0.2, 0.25) is 0 Å². The number of hydrogen-bond acceptors (Lipinski definition) is 5. The van der Waals surface area contributed by atoms with Crippen molar-refractivity contribution in [1.82, 2.24) is 10.1 Å². The molecule has 0 saturated carbocycles. The van der Waals surface area contributed by atoms with Gasteiger partial charge in [-0.15, -0.1) is 17.9 Å². The lowest BCUT2D eigenvalue weighted by Gasteiger charge is -2.30. The van der Waals surface area contributed by atoms with Crippen LogP contribution < -0.4 is 15.1 Å². The monoisotopic (exact) mass is 411 g/mol. The number of H-pyrrole nitrogens is 1. The largest absolute Gasteiger partial charge is 0.325 e. The second-order valence-electron chi connectivity index (χ2n) is 6.38. The van der Waals surface area contributed by atoms with Crippen LogP contribution in [0.4, 0.5) is 5.69 Å². The maximum absolute atomic E-state index is 13.0. The topological polar surface area (TPSA) is 69.9 Å². The van der Waals surface area contributed by atoms with Crippen molar-refractivity contribution in [1.29, 1.82) is 0 Å². The molecule has 0 radical (unpaired) electrons. The fourth-order valence-corrected chi connectivity index (χ4v) is 4.91. The van der Waals surface area contributed by atoms with Gasteiger partial charge in [0.15, 0.2) is 0 Å². The van der Waals surface area contributed by atoms with Gasteiger partial charge in [-0.1, -0.05) is 30.0 Å². The summed E-state index contributed by atoms with van der Waals surface area (Å²) in [4.78, 5) is 32.4. The Morgan fingerprint density at radius 3 is 2.86 bits per heavy atom. The van der Waals surface area contributed by atoms with E-state index in [2.05, 4.69) is 11.6 Å². The number of anilines is 1. The van der Waals surface area contributed by atoms with Crippen molar-refractivity contribution in [2.75, 3.05) is 10.7 Å².